The summed E-state index contributed by atoms with van der Waals surface area (Å²) in [6.45, 7) is 5.23. The Kier molecular flexibility index (Phi) is 7.59. The molecule has 0 rings (SSSR count). The summed E-state index contributed by atoms with van der Waals surface area (Å²) in [6.07, 6.45) is 9.44. The van der Waals surface area contributed by atoms with Crippen molar-refractivity contribution < 1.29 is 0 Å². The Morgan fingerprint density at radius 2 is 1.91 bits per heavy atom. The summed E-state index contributed by atoms with van der Waals surface area (Å²) >= 11 is 0. The second kappa shape index (κ2) is 7.80. The third-order valence-electron chi connectivity index (χ3n) is 1.71. The third kappa shape index (κ3) is 9.70. The first-order chi connectivity index (χ1) is 5.27. The molecule has 2 N–H and O–H groups in total. The molecule has 0 amide bonds. The first kappa shape index (κ1) is 10.7. The molecule has 0 atom stereocenters. The molecule has 0 aliphatic heterocycles. The van der Waals surface area contributed by atoms with Gasteiger partial charge in [-0.15, -0.1) is 0 Å². The van der Waals surface area contributed by atoms with Gasteiger partial charge in [0.1, 0.15) is 0 Å². The maximum absolute atomic E-state index is 5.30. The molecule has 0 aromatic carbocycles. The Morgan fingerprint density at radius 1 is 1.18 bits per heavy atom. The van der Waals surface area contributed by atoms with Gasteiger partial charge in [0.05, 0.1) is 0 Å². The van der Waals surface area contributed by atoms with Gasteiger partial charge in [-0.05, 0) is 18.8 Å². The third-order valence-corrected chi connectivity index (χ3v) is 1.71. The zero-order valence-electron chi connectivity index (χ0n) is 7.84. The summed E-state index contributed by atoms with van der Waals surface area (Å²) in [5, 5.41) is 0. The van der Waals surface area contributed by atoms with Gasteiger partial charge < -0.3 is 5.73 Å². The molecule has 0 spiro atoms. The van der Waals surface area contributed by atoms with Crippen LogP contribution in [0.25, 0.3) is 0 Å². The van der Waals surface area contributed by atoms with Crippen molar-refractivity contribution in [3.05, 3.63) is 12.2 Å². The molecule has 0 unspecified atom stereocenters. The molecule has 0 radical (unpaired) electrons. The average molecular weight is 155 g/mol. The summed E-state index contributed by atoms with van der Waals surface area (Å²) in [5.41, 5.74) is 5.30. The molecule has 0 aromatic heterocycles. The summed E-state index contributed by atoms with van der Waals surface area (Å²) < 4.78 is 0. The molecular weight excluding hydrogens is 134 g/mol. The number of hydrogen-bond donors (Lipinski definition) is 1. The Hall–Kier alpha value is -0.300. The van der Waals surface area contributed by atoms with Gasteiger partial charge >= 0.3 is 0 Å². The second-order valence-electron chi connectivity index (χ2n) is 3.39. The molecule has 11 heavy (non-hydrogen) atoms. The van der Waals surface area contributed by atoms with E-state index in [-0.39, 0.29) is 0 Å². The fourth-order valence-electron chi connectivity index (χ4n) is 1.03. The predicted octanol–water partition coefficient (Wildman–Crippen LogP) is 2.72. The van der Waals surface area contributed by atoms with Crippen LogP contribution in [0.15, 0.2) is 12.2 Å². The van der Waals surface area contributed by atoms with Crippen molar-refractivity contribution in [1.29, 1.82) is 0 Å². The monoisotopic (exact) mass is 155 g/mol. The minimum absolute atomic E-state index is 0.685. The molecule has 0 bridgehead atoms. The highest BCUT2D eigenvalue weighted by Crippen LogP contribution is 2.07. The van der Waals surface area contributed by atoms with E-state index in [1.807, 2.05) is 6.08 Å². The lowest BCUT2D eigenvalue weighted by Gasteiger charge is -2.01. The van der Waals surface area contributed by atoms with Crippen LogP contribution in [0.4, 0.5) is 0 Å². The minimum atomic E-state index is 0.685. The molecule has 0 heterocycles. The lowest BCUT2D eigenvalue weighted by Crippen LogP contribution is -1.92. The number of hydrogen-bond acceptors (Lipinski definition) is 1. The van der Waals surface area contributed by atoms with E-state index < -0.39 is 0 Å². The normalized spacial score (nSPS) is 11.6. The van der Waals surface area contributed by atoms with Gasteiger partial charge in [-0.2, -0.15) is 0 Å². The van der Waals surface area contributed by atoms with E-state index >= 15 is 0 Å². The van der Waals surface area contributed by atoms with E-state index in [1.165, 1.54) is 25.7 Å². The van der Waals surface area contributed by atoms with Gasteiger partial charge in [0.15, 0.2) is 0 Å². The van der Waals surface area contributed by atoms with Gasteiger partial charge in [0.2, 0.25) is 0 Å². The molecular formula is C10H21N. The van der Waals surface area contributed by atoms with Gasteiger partial charge in [-0.25, -0.2) is 0 Å². The molecule has 0 saturated carbocycles. The molecule has 0 saturated heterocycles. The van der Waals surface area contributed by atoms with Crippen molar-refractivity contribution in [2.75, 3.05) is 6.54 Å². The second-order valence-corrected chi connectivity index (χ2v) is 3.39. The fourth-order valence-corrected chi connectivity index (χ4v) is 1.03. The first-order valence-electron chi connectivity index (χ1n) is 4.62. The largest absolute Gasteiger partial charge is 0.327 e. The van der Waals surface area contributed by atoms with Gasteiger partial charge in [0.25, 0.3) is 0 Å². The zero-order valence-corrected chi connectivity index (χ0v) is 7.84. The van der Waals surface area contributed by atoms with Crippen LogP contribution in [-0.4, -0.2) is 6.54 Å². The molecule has 0 fully saturated rings. The molecule has 66 valence electrons. The van der Waals surface area contributed by atoms with Crippen LogP contribution in [0, 0.1) is 5.92 Å². The van der Waals surface area contributed by atoms with Gasteiger partial charge in [-0.3, -0.25) is 0 Å². The highest BCUT2D eigenvalue weighted by Gasteiger charge is 1.91. The van der Waals surface area contributed by atoms with Crippen molar-refractivity contribution in [3.63, 3.8) is 0 Å². The fraction of sp³-hybridized carbons (Fsp3) is 0.800. The zero-order chi connectivity index (χ0) is 8.53. The van der Waals surface area contributed by atoms with E-state index in [0.29, 0.717) is 6.54 Å². The Labute approximate surface area is 70.7 Å². The van der Waals surface area contributed by atoms with E-state index in [2.05, 4.69) is 19.9 Å². The highest BCUT2D eigenvalue weighted by atomic mass is 14.5. The van der Waals surface area contributed by atoms with Crippen LogP contribution in [0.5, 0.6) is 0 Å². The molecule has 1 nitrogen and oxygen atoms in total. The lowest BCUT2D eigenvalue weighted by molar-refractivity contribution is 0.540. The average Bonchev–Trinajstić information content (AvgIpc) is 1.96. The molecule has 1 heteroatoms. The summed E-state index contributed by atoms with van der Waals surface area (Å²) in [6, 6.07) is 0. The quantitative estimate of drug-likeness (QED) is 0.463. The molecule has 0 aliphatic rings. The topological polar surface area (TPSA) is 26.0 Å². The smallest absolute Gasteiger partial charge is 0.0106 e. The maximum atomic E-state index is 5.30. The standard InChI is InChI=1S/C10H21N/c1-10(2)8-6-4-3-5-7-9-11/h5,7,10H,3-4,6,8-9,11H2,1-2H3. The predicted molar refractivity (Wildman–Crippen MR) is 51.5 cm³/mol. The summed E-state index contributed by atoms with van der Waals surface area (Å²) in [5.74, 6) is 0.855. The van der Waals surface area contributed by atoms with Crippen molar-refractivity contribution >= 4 is 0 Å². The SMILES string of the molecule is CC(C)CCCCC=CCN. The number of allylic oxidation sites excluding steroid dienone is 1. The van der Waals surface area contributed by atoms with E-state index in [4.69, 9.17) is 5.73 Å². The van der Waals surface area contributed by atoms with Crippen LogP contribution in [0.1, 0.15) is 39.5 Å². The Balaban J connectivity index is 2.96. The minimum Gasteiger partial charge on any atom is -0.327 e. The maximum Gasteiger partial charge on any atom is 0.0106 e. The van der Waals surface area contributed by atoms with E-state index in [9.17, 15) is 0 Å². The van der Waals surface area contributed by atoms with E-state index in [0.717, 1.165) is 5.92 Å². The van der Waals surface area contributed by atoms with Crippen LogP contribution in [0.3, 0.4) is 0 Å². The lowest BCUT2D eigenvalue weighted by atomic mass is 10.1. The van der Waals surface area contributed by atoms with Crippen LogP contribution >= 0.6 is 0 Å². The van der Waals surface area contributed by atoms with Crippen LogP contribution in [-0.2, 0) is 0 Å². The van der Waals surface area contributed by atoms with Crippen molar-refractivity contribution in [2.45, 2.75) is 39.5 Å². The number of rotatable bonds is 6. The Bertz CT molecular complexity index is 95.0. The van der Waals surface area contributed by atoms with Crippen LogP contribution in [0.2, 0.25) is 0 Å². The highest BCUT2D eigenvalue weighted by molar-refractivity contribution is 4.81. The van der Waals surface area contributed by atoms with Crippen molar-refractivity contribution in [2.24, 2.45) is 11.7 Å². The summed E-state index contributed by atoms with van der Waals surface area (Å²) in [7, 11) is 0. The summed E-state index contributed by atoms with van der Waals surface area (Å²) in [4.78, 5) is 0. The van der Waals surface area contributed by atoms with Crippen molar-refractivity contribution in [3.8, 4) is 0 Å². The van der Waals surface area contributed by atoms with Crippen LogP contribution < -0.4 is 5.73 Å². The van der Waals surface area contributed by atoms with Crippen molar-refractivity contribution in [1.82, 2.24) is 0 Å². The number of unbranched alkanes of at least 4 members (excludes halogenated alkanes) is 2. The van der Waals surface area contributed by atoms with Gasteiger partial charge in [-0.1, -0.05) is 38.8 Å². The van der Waals surface area contributed by atoms with Gasteiger partial charge in [0, 0.05) is 6.54 Å². The molecule has 0 aliphatic carbocycles. The Morgan fingerprint density at radius 3 is 2.45 bits per heavy atom. The number of nitrogens with two attached hydrogens (primary N) is 1. The van der Waals surface area contributed by atoms with E-state index in [1.54, 1.807) is 0 Å². The first-order valence-corrected chi connectivity index (χ1v) is 4.62. The molecule has 0 aromatic rings.